The molecule has 0 saturated heterocycles. The Morgan fingerprint density at radius 1 is 1.38 bits per heavy atom. The molecular weight excluding hydrogens is 272 g/mol. The number of nitrogens with one attached hydrogen (secondary N) is 1. The molecule has 110 valence electrons. The van der Waals surface area contributed by atoms with Crippen LogP contribution in [0.1, 0.15) is 13.3 Å². The molecule has 0 bridgehead atoms. The van der Waals surface area contributed by atoms with Crippen molar-refractivity contribution in [2.75, 3.05) is 23.4 Å². The summed E-state index contributed by atoms with van der Waals surface area (Å²) in [7, 11) is 0. The van der Waals surface area contributed by atoms with Gasteiger partial charge in [-0.05, 0) is 24.5 Å². The molecular formula is C15H16N2O4. The number of hydrogen-bond donors (Lipinski definition) is 1. The highest BCUT2D eigenvalue weighted by atomic mass is 16.5. The lowest BCUT2D eigenvalue weighted by atomic mass is 10.2. The maximum absolute atomic E-state index is 12.2. The molecule has 2 atom stereocenters. The first-order chi connectivity index (χ1) is 10.1. The number of para-hydroxylation sites is 2. The van der Waals surface area contributed by atoms with Crippen LogP contribution in [-0.2, 0) is 19.1 Å². The standard InChI is InChI=1S/C15H16N2O4/c1-9-6-10(9)15(20)21-8-14(19)17-7-13(18)16-11-4-2-3-5-12(11)17/h2-5,9-10H,6-8H2,1H3,(H,16,18)/t9-,10+/m1/s1. The number of ether oxygens (including phenoxy) is 1. The number of benzene rings is 1. The molecule has 1 saturated carbocycles. The van der Waals surface area contributed by atoms with E-state index in [9.17, 15) is 14.4 Å². The SMILES string of the molecule is C[C@@H]1C[C@@H]1C(=O)OCC(=O)N1CC(=O)Nc2ccccc21. The van der Waals surface area contributed by atoms with Crippen molar-refractivity contribution in [2.24, 2.45) is 11.8 Å². The van der Waals surface area contributed by atoms with Gasteiger partial charge in [0, 0.05) is 0 Å². The van der Waals surface area contributed by atoms with Crippen molar-refractivity contribution in [3.05, 3.63) is 24.3 Å². The molecule has 1 aromatic rings. The van der Waals surface area contributed by atoms with Crippen molar-refractivity contribution in [1.29, 1.82) is 0 Å². The third-order valence-electron chi connectivity index (χ3n) is 3.82. The minimum absolute atomic E-state index is 0.0623. The molecule has 0 spiro atoms. The Morgan fingerprint density at radius 3 is 2.81 bits per heavy atom. The van der Waals surface area contributed by atoms with Crippen molar-refractivity contribution in [3.63, 3.8) is 0 Å². The molecule has 2 amide bonds. The number of carbonyl (C=O) groups excluding carboxylic acids is 3. The molecule has 1 heterocycles. The molecule has 6 heteroatoms. The molecule has 6 nitrogen and oxygen atoms in total. The van der Waals surface area contributed by atoms with Crippen molar-refractivity contribution in [3.8, 4) is 0 Å². The molecule has 2 aliphatic rings. The van der Waals surface area contributed by atoms with E-state index in [2.05, 4.69) is 5.32 Å². The number of rotatable bonds is 3. The van der Waals surface area contributed by atoms with E-state index >= 15 is 0 Å². The number of hydrogen-bond acceptors (Lipinski definition) is 4. The van der Waals surface area contributed by atoms with Crippen molar-refractivity contribution >= 4 is 29.2 Å². The molecule has 1 aliphatic heterocycles. The van der Waals surface area contributed by atoms with E-state index < -0.39 is 0 Å². The highest BCUT2D eigenvalue weighted by molar-refractivity contribution is 6.10. The first-order valence-electron chi connectivity index (χ1n) is 6.92. The van der Waals surface area contributed by atoms with Gasteiger partial charge in [-0.1, -0.05) is 19.1 Å². The van der Waals surface area contributed by atoms with Crippen LogP contribution in [0.25, 0.3) is 0 Å². The molecule has 21 heavy (non-hydrogen) atoms. The molecule has 3 rings (SSSR count). The van der Waals surface area contributed by atoms with Crippen LogP contribution < -0.4 is 10.2 Å². The van der Waals surface area contributed by atoms with Gasteiger partial charge < -0.3 is 10.1 Å². The summed E-state index contributed by atoms with van der Waals surface area (Å²) in [6.45, 7) is 1.58. The fraction of sp³-hybridized carbons (Fsp3) is 0.400. The quantitative estimate of drug-likeness (QED) is 0.847. The van der Waals surface area contributed by atoms with Gasteiger partial charge in [-0.15, -0.1) is 0 Å². The molecule has 0 radical (unpaired) electrons. The highest BCUT2D eigenvalue weighted by Gasteiger charge is 2.41. The van der Waals surface area contributed by atoms with Gasteiger partial charge in [0.05, 0.1) is 17.3 Å². The summed E-state index contributed by atoms with van der Waals surface area (Å²) in [5.74, 6) is -0.711. The maximum Gasteiger partial charge on any atom is 0.309 e. The minimum atomic E-state index is -0.390. The average Bonchev–Trinajstić information content (AvgIpc) is 3.20. The van der Waals surface area contributed by atoms with Crippen molar-refractivity contribution < 1.29 is 19.1 Å². The van der Waals surface area contributed by atoms with Gasteiger partial charge in [0.2, 0.25) is 5.91 Å². The summed E-state index contributed by atoms with van der Waals surface area (Å²) in [6.07, 6.45) is 0.821. The van der Waals surface area contributed by atoms with Crippen LogP contribution in [0.15, 0.2) is 24.3 Å². The Bertz CT molecular complexity index is 613. The monoisotopic (exact) mass is 288 g/mol. The van der Waals surface area contributed by atoms with E-state index in [1.807, 2.05) is 6.92 Å². The topological polar surface area (TPSA) is 75.7 Å². The van der Waals surface area contributed by atoms with Crippen molar-refractivity contribution in [1.82, 2.24) is 0 Å². The predicted molar refractivity (Wildman–Crippen MR) is 75.7 cm³/mol. The van der Waals surface area contributed by atoms with E-state index in [-0.39, 0.29) is 36.9 Å². The minimum Gasteiger partial charge on any atom is -0.455 e. The third kappa shape index (κ3) is 2.74. The fourth-order valence-electron chi connectivity index (χ4n) is 2.42. The van der Waals surface area contributed by atoms with Gasteiger partial charge in [0.15, 0.2) is 6.61 Å². The molecule has 1 fully saturated rings. The Morgan fingerprint density at radius 2 is 2.10 bits per heavy atom. The summed E-state index contributed by atoms with van der Waals surface area (Å²) < 4.78 is 5.04. The normalized spacial score (nSPS) is 23.1. The van der Waals surface area contributed by atoms with Crippen LogP contribution >= 0.6 is 0 Å². The second kappa shape index (κ2) is 5.20. The number of esters is 1. The van der Waals surface area contributed by atoms with Gasteiger partial charge in [-0.2, -0.15) is 0 Å². The summed E-state index contributed by atoms with van der Waals surface area (Å²) in [5, 5.41) is 2.70. The predicted octanol–water partition coefficient (Wildman–Crippen LogP) is 1.17. The van der Waals surface area contributed by atoms with Crippen LogP contribution in [0.5, 0.6) is 0 Å². The summed E-state index contributed by atoms with van der Waals surface area (Å²) >= 11 is 0. The first-order valence-corrected chi connectivity index (χ1v) is 6.92. The molecule has 1 aromatic carbocycles. The summed E-state index contributed by atoms with van der Waals surface area (Å²) in [6, 6.07) is 7.04. The average molecular weight is 288 g/mol. The zero-order valence-corrected chi connectivity index (χ0v) is 11.7. The van der Waals surface area contributed by atoms with Gasteiger partial charge in [0.1, 0.15) is 6.54 Å². The van der Waals surface area contributed by atoms with E-state index in [1.165, 1.54) is 4.90 Å². The number of carbonyl (C=O) groups is 3. The van der Waals surface area contributed by atoms with E-state index in [1.54, 1.807) is 24.3 Å². The van der Waals surface area contributed by atoms with Gasteiger partial charge >= 0.3 is 5.97 Å². The number of anilines is 2. The largest absolute Gasteiger partial charge is 0.455 e. The lowest BCUT2D eigenvalue weighted by Gasteiger charge is -2.28. The summed E-state index contributed by atoms with van der Waals surface area (Å²) in [5.41, 5.74) is 1.21. The molecule has 1 aliphatic carbocycles. The van der Waals surface area contributed by atoms with Gasteiger partial charge in [-0.25, -0.2) is 0 Å². The van der Waals surface area contributed by atoms with Crippen molar-refractivity contribution in [2.45, 2.75) is 13.3 Å². The highest BCUT2D eigenvalue weighted by Crippen LogP contribution is 2.38. The first kappa shape index (κ1) is 13.6. The van der Waals surface area contributed by atoms with E-state index in [0.717, 1.165) is 6.42 Å². The van der Waals surface area contributed by atoms with Gasteiger partial charge in [-0.3, -0.25) is 19.3 Å². The lowest BCUT2D eigenvalue weighted by Crippen LogP contribution is -2.44. The molecule has 0 unspecified atom stereocenters. The second-order valence-electron chi connectivity index (χ2n) is 5.47. The second-order valence-corrected chi connectivity index (χ2v) is 5.47. The van der Waals surface area contributed by atoms with Crippen LogP contribution in [0.2, 0.25) is 0 Å². The Hall–Kier alpha value is -2.37. The van der Waals surface area contributed by atoms with Crippen LogP contribution in [0, 0.1) is 11.8 Å². The Balaban J connectivity index is 1.67. The van der Waals surface area contributed by atoms with E-state index in [0.29, 0.717) is 17.3 Å². The van der Waals surface area contributed by atoms with Crippen LogP contribution in [-0.4, -0.2) is 30.9 Å². The van der Waals surface area contributed by atoms with Crippen LogP contribution in [0.3, 0.4) is 0 Å². The number of fused-ring (bicyclic) bond motifs is 1. The Labute approximate surface area is 122 Å². The number of amides is 2. The molecule has 1 N–H and O–H groups in total. The van der Waals surface area contributed by atoms with Gasteiger partial charge in [0.25, 0.3) is 5.91 Å². The zero-order chi connectivity index (χ0) is 15.0. The maximum atomic E-state index is 12.2. The summed E-state index contributed by atoms with van der Waals surface area (Å²) in [4.78, 5) is 36.8. The zero-order valence-electron chi connectivity index (χ0n) is 11.7. The lowest BCUT2D eigenvalue weighted by molar-refractivity contribution is -0.149. The van der Waals surface area contributed by atoms with E-state index in [4.69, 9.17) is 4.74 Å². The Kier molecular flexibility index (Phi) is 3.37. The molecule has 0 aromatic heterocycles. The third-order valence-corrected chi connectivity index (χ3v) is 3.82. The smallest absolute Gasteiger partial charge is 0.309 e. The van der Waals surface area contributed by atoms with Crippen LogP contribution in [0.4, 0.5) is 11.4 Å². The fourth-order valence-corrected chi connectivity index (χ4v) is 2.42. The number of nitrogens with zero attached hydrogens (tertiary/aromatic N) is 1.